The molecule has 0 amide bonds. The Hall–Kier alpha value is -3.47. The number of hydrogen-bond acceptors (Lipinski definition) is 5. The molecule has 0 bridgehead atoms. The minimum Gasteiger partial charge on any atom is -0.456 e. The van der Waals surface area contributed by atoms with E-state index in [-0.39, 0.29) is 0 Å². The summed E-state index contributed by atoms with van der Waals surface area (Å²) in [5, 5.41) is 6.38. The SMILES string of the molecule is CCc1ccc2oc(-c3ccc(C)cc3)cc(=NNc3nc(C)cc(C)n3)c2c1. The summed E-state index contributed by atoms with van der Waals surface area (Å²) in [5.74, 6) is 1.25. The molecule has 0 unspecified atom stereocenters. The van der Waals surface area contributed by atoms with Crippen molar-refractivity contribution < 1.29 is 4.42 Å². The first-order valence-corrected chi connectivity index (χ1v) is 9.77. The molecule has 0 saturated heterocycles. The van der Waals surface area contributed by atoms with Crippen LogP contribution in [0, 0.1) is 20.8 Å². The molecule has 0 fully saturated rings. The minimum atomic E-state index is 0.486. The molecule has 0 spiro atoms. The zero-order valence-electron chi connectivity index (χ0n) is 17.2. The van der Waals surface area contributed by atoms with Gasteiger partial charge in [-0.2, -0.15) is 5.10 Å². The smallest absolute Gasteiger partial charge is 0.243 e. The van der Waals surface area contributed by atoms with E-state index in [1.54, 1.807) is 0 Å². The number of nitrogens with zero attached hydrogens (tertiary/aromatic N) is 3. The third-order valence-corrected chi connectivity index (χ3v) is 4.81. The van der Waals surface area contributed by atoms with Crippen LogP contribution in [0.2, 0.25) is 0 Å². The first-order valence-electron chi connectivity index (χ1n) is 9.77. The van der Waals surface area contributed by atoms with E-state index in [1.807, 2.05) is 32.0 Å². The fourth-order valence-electron chi connectivity index (χ4n) is 3.27. The van der Waals surface area contributed by atoms with Crippen LogP contribution in [0.4, 0.5) is 5.95 Å². The van der Waals surface area contributed by atoms with Gasteiger partial charge in [-0.25, -0.2) is 15.4 Å². The predicted octanol–water partition coefficient (Wildman–Crippen LogP) is 5.31. The number of fused-ring (bicyclic) bond motifs is 1. The molecule has 0 aliphatic rings. The van der Waals surface area contributed by atoms with Gasteiger partial charge in [-0.15, -0.1) is 0 Å². The number of benzene rings is 2. The van der Waals surface area contributed by atoms with Gasteiger partial charge in [0.25, 0.3) is 0 Å². The summed E-state index contributed by atoms with van der Waals surface area (Å²) in [6.07, 6.45) is 0.947. The van der Waals surface area contributed by atoms with Crippen LogP contribution in [0.25, 0.3) is 22.3 Å². The Kier molecular flexibility index (Phi) is 5.12. The Morgan fingerprint density at radius 2 is 1.62 bits per heavy atom. The molecule has 0 radical (unpaired) electrons. The molecule has 2 heterocycles. The summed E-state index contributed by atoms with van der Waals surface area (Å²) in [4.78, 5) is 8.83. The molecular formula is C24H24N4O. The highest BCUT2D eigenvalue weighted by Crippen LogP contribution is 2.23. The fourth-order valence-corrected chi connectivity index (χ4v) is 3.27. The number of hydrogen-bond donors (Lipinski definition) is 1. The zero-order chi connectivity index (χ0) is 20.4. The molecule has 2 aromatic heterocycles. The first-order chi connectivity index (χ1) is 14.0. The number of nitrogens with one attached hydrogen (secondary N) is 1. The van der Waals surface area contributed by atoms with E-state index >= 15 is 0 Å². The van der Waals surface area contributed by atoms with Crippen LogP contribution in [0.1, 0.15) is 29.4 Å². The van der Waals surface area contributed by atoms with Crippen molar-refractivity contribution in [3.8, 4) is 11.3 Å². The second-order valence-corrected chi connectivity index (χ2v) is 7.24. The predicted molar refractivity (Wildman–Crippen MR) is 116 cm³/mol. The highest BCUT2D eigenvalue weighted by molar-refractivity contribution is 5.79. The third-order valence-electron chi connectivity index (χ3n) is 4.81. The quantitative estimate of drug-likeness (QED) is 0.485. The number of aryl methyl sites for hydroxylation is 4. The van der Waals surface area contributed by atoms with Gasteiger partial charge in [0, 0.05) is 28.4 Å². The standard InChI is InChI=1S/C24H24N4O/c1-5-18-8-11-22-20(13-18)21(27-28-24-25-16(3)12-17(4)26-24)14-23(29-22)19-9-6-15(2)7-10-19/h6-14H,5H2,1-4H3,(H,25,26,28). The molecule has 0 aliphatic carbocycles. The van der Waals surface area contributed by atoms with Crippen LogP contribution >= 0.6 is 0 Å². The summed E-state index contributed by atoms with van der Waals surface area (Å²) >= 11 is 0. The molecule has 4 rings (SSSR count). The Morgan fingerprint density at radius 1 is 0.897 bits per heavy atom. The van der Waals surface area contributed by atoms with Gasteiger partial charge in [0.15, 0.2) is 0 Å². The third kappa shape index (κ3) is 4.19. The van der Waals surface area contributed by atoms with Crippen molar-refractivity contribution in [3.05, 3.63) is 82.5 Å². The molecule has 5 nitrogen and oxygen atoms in total. The van der Waals surface area contributed by atoms with Gasteiger partial charge in [-0.05, 0) is 51.0 Å². The molecule has 146 valence electrons. The van der Waals surface area contributed by atoms with Gasteiger partial charge in [0.1, 0.15) is 11.3 Å². The summed E-state index contributed by atoms with van der Waals surface area (Å²) in [6, 6.07) is 18.4. The lowest BCUT2D eigenvalue weighted by Gasteiger charge is -2.07. The molecule has 0 aliphatic heterocycles. The second kappa shape index (κ2) is 7.87. The number of anilines is 1. The molecule has 2 aromatic carbocycles. The highest BCUT2D eigenvalue weighted by Gasteiger charge is 2.07. The largest absolute Gasteiger partial charge is 0.456 e. The molecule has 4 aromatic rings. The van der Waals surface area contributed by atoms with Gasteiger partial charge in [0.05, 0.1) is 5.36 Å². The maximum absolute atomic E-state index is 6.20. The van der Waals surface area contributed by atoms with Crippen LogP contribution in [0.15, 0.2) is 64.1 Å². The van der Waals surface area contributed by atoms with E-state index in [0.29, 0.717) is 5.95 Å². The van der Waals surface area contributed by atoms with Gasteiger partial charge in [0.2, 0.25) is 5.95 Å². The Balaban J connectivity index is 1.87. The summed E-state index contributed by atoms with van der Waals surface area (Å²) in [5.41, 5.74) is 9.06. The van der Waals surface area contributed by atoms with Crippen molar-refractivity contribution in [1.29, 1.82) is 0 Å². The molecule has 1 N–H and O–H groups in total. The first kappa shape index (κ1) is 18.9. The van der Waals surface area contributed by atoms with Gasteiger partial charge in [-0.1, -0.05) is 42.8 Å². The summed E-state index contributed by atoms with van der Waals surface area (Å²) in [7, 11) is 0. The van der Waals surface area contributed by atoms with E-state index in [2.05, 4.69) is 70.7 Å². The van der Waals surface area contributed by atoms with Crippen molar-refractivity contribution in [2.24, 2.45) is 5.10 Å². The molecule has 29 heavy (non-hydrogen) atoms. The van der Waals surface area contributed by atoms with E-state index in [1.165, 1.54) is 11.1 Å². The maximum Gasteiger partial charge on any atom is 0.243 e. The van der Waals surface area contributed by atoms with Gasteiger partial charge < -0.3 is 4.42 Å². The lowest BCUT2D eigenvalue weighted by molar-refractivity contribution is 0.618. The maximum atomic E-state index is 6.20. The summed E-state index contributed by atoms with van der Waals surface area (Å²) in [6.45, 7) is 8.10. The average Bonchev–Trinajstić information content (AvgIpc) is 2.71. The summed E-state index contributed by atoms with van der Waals surface area (Å²) < 4.78 is 6.20. The lowest BCUT2D eigenvalue weighted by Crippen LogP contribution is -2.09. The van der Waals surface area contributed by atoms with E-state index in [9.17, 15) is 0 Å². The van der Waals surface area contributed by atoms with Crippen LogP contribution < -0.4 is 10.8 Å². The zero-order valence-corrected chi connectivity index (χ0v) is 17.2. The molecule has 0 atom stereocenters. The highest BCUT2D eigenvalue weighted by atomic mass is 16.3. The average molecular weight is 384 g/mol. The van der Waals surface area contributed by atoms with Gasteiger partial charge >= 0.3 is 0 Å². The van der Waals surface area contributed by atoms with Crippen LogP contribution in [0.5, 0.6) is 0 Å². The monoisotopic (exact) mass is 384 g/mol. The molecule has 0 saturated carbocycles. The van der Waals surface area contributed by atoms with Crippen molar-refractivity contribution in [2.75, 3.05) is 5.43 Å². The Morgan fingerprint density at radius 3 is 2.31 bits per heavy atom. The number of aromatic nitrogens is 2. The lowest BCUT2D eigenvalue weighted by atomic mass is 10.1. The Bertz CT molecular complexity index is 1220. The van der Waals surface area contributed by atoms with Crippen LogP contribution in [-0.4, -0.2) is 9.97 Å². The van der Waals surface area contributed by atoms with Crippen LogP contribution in [-0.2, 0) is 6.42 Å². The molecule has 5 heteroatoms. The van der Waals surface area contributed by atoms with Crippen LogP contribution in [0.3, 0.4) is 0 Å². The van der Waals surface area contributed by atoms with E-state index in [4.69, 9.17) is 4.42 Å². The van der Waals surface area contributed by atoms with E-state index in [0.717, 1.165) is 45.5 Å². The van der Waals surface area contributed by atoms with E-state index < -0.39 is 0 Å². The number of rotatable bonds is 4. The van der Waals surface area contributed by atoms with Crippen molar-refractivity contribution in [1.82, 2.24) is 9.97 Å². The van der Waals surface area contributed by atoms with Crippen molar-refractivity contribution in [2.45, 2.75) is 34.1 Å². The topological polar surface area (TPSA) is 63.3 Å². The molecular weight excluding hydrogens is 360 g/mol. The Labute approximate surface area is 170 Å². The fraction of sp³-hybridized carbons (Fsp3) is 0.208. The second-order valence-electron chi connectivity index (χ2n) is 7.24. The van der Waals surface area contributed by atoms with Gasteiger partial charge in [-0.3, -0.25) is 0 Å². The van der Waals surface area contributed by atoms with Crippen molar-refractivity contribution >= 4 is 16.9 Å². The van der Waals surface area contributed by atoms with Crippen molar-refractivity contribution in [3.63, 3.8) is 0 Å². The minimum absolute atomic E-state index is 0.486. The normalized spacial score (nSPS) is 11.8.